The molecule has 3 aromatic carbocycles. The highest BCUT2D eigenvalue weighted by Gasteiger charge is 2.46. The van der Waals surface area contributed by atoms with Crippen LogP contribution >= 0.6 is 0 Å². The molecule has 0 amide bonds. The predicted octanol–water partition coefficient (Wildman–Crippen LogP) is 5.03. The molecule has 3 aromatic rings. The Hall–Kier alpha value is -3.25. The van der Waals surface area contributed by atoms with E-state index in [0.29, 0.717) is 13.2 Å². The molecule has 0 aromatic heterocycles. The van der Waals surface area contributed by atoms with Crippen LogP contribution in [-0.4, -0.2) is 31.4 Å². The molecule has 0 spiro atoms. The molecule has 5 nitrogen and oxygen atoms in total. The molecule has 0 N–H and O–H groups in total. The molecule has 1 heterocycles. The maximum Gasteiger partial charge on any atom is 0.330 e. The van der Waals surface area contributed by atoms with Gasteiger partial charge in [0.2, 0.25) is 0 Å². The van der Waals surface area contributed by atoms with E-state index in [0.717, 1.165) is 16.7 Å². The van der Waals surface area contributed by atoms with Crippen LogP contribution in [-0.2, 0) is 37.0 Å². The third kappa shape index (κ3) is 6.17. The molecule has 170 valence electrons. The molecule has 0 aliphatic carbocycles. The molecule has 1 aliphatic rings. The summed E-state index contributed by atoms with van der Waals surface area (Å²) in [4.78, 5) is 11.8. The second kappa shape index (κ2) is 11.6. The SMILES string of the molecule is COC(=O)/C=C/[C@@H]1O[C@H](c2ccccc2)[C@@H](OCc2ccccc2)[C@@H]1OCc1ccccc1. The maximum absolute atomic E-state index is 11.8. The number of carbonyl (C=O) groups is 1. The number of hydrogen-bond acceptors (Lipinski definition) is 5. The Kier molecular flexibility index (Phi) is 8.04. The van der Waals surface area contributed by atoms with E-state index in [9.17, 15) is 4.79 Å². The van der Waals surface area contributed by atoms with Crippen molar-refractivity contribution in [3.63, 3.8) is 0 Å². The standard InChI is InChI=1S/C28H28O5/c1-30-25(29)18-17-24-27(31-19-21-11-5-2-6-12-21)28(32-20-22-13-7-3-8-14-22)26(33-24)23-15-9-4-10-16-23/h2-18,24,26-28H,19-20H2,1H3/b18-17+/t24-,26+,27+,28+/m0/s1. The van der Waals surface area contributed by atoms with E-state index in [4.69, 9.17) is 18.9 Å². The van der Waals surface area contributed by atoms with Gasteiger partial charge in [0, 0.05) is 6.08 Å². The second-order valence-corrected chi connectivity index (χ2v) is 7.84. The van der Waals surface area contributed by atoms with Crippen LogP contribution in [0.15, 0.2) is 103 Å². The number of benzene rings is 3. The average molecular weight is 445 g/mol. The number of rotatable bonds is 9. The molecular formula is C28H28O5. The van der Waals surface area contributed by atoms with Crippen LogP contribution in [0.5, 0.6) is 0 Å². The Bertz CT molecular complexity index is 1020. The van der Waals surface area contributed by atoms with Gasteiger partial charge in [-0.3, -0.25) is 0 Å². The smallest absolute Gasteiger partial charge is 0.330 e. The van der Waals surface area contributed by atoms with Gasteiger partial charge in [0.25, 0.3) is 0 Å². The third-order valence-electron chi connectivity index (χ3n) is 5.57. The molecule has 4 rings (SSSR count). The zero-order valence-corrected chi connectivity index (χ0v) is 18.6. The van der Waals surface area contributed by atoms with Gasteiger partial charge in [-0.25, -0.2) is 4.79 Å². The summed E-state index contributed by atoms with van der Waals surface area (Å²) in [6.07, 6.45) is 1.47. The molecule has 33 heavy (non-hydrogen) atoms. The van der Waals surface area contributed by atoms with Gasteiger partial charge in [0.05, 0.1) is 20.3 Å². The molecule has 1 aliphatic heterocycles. The summed E-state index contributed by atoms with van der Waals surface area (Å²) >= 11 is 0. The molecule has 4 atom stereocenters. The monoisotopic (exact) mass is 444 g/mol. The second-order valence-electron chi connectivity index (χ2n) is 7.84. The van der Waals surface area contributed by atoms with Crippen LogP contribution < -0.4 is 0 Å². The number of esters is 1. The zero-order valence-electron chi connectivity index (χ0n) is 18.6. The molecule has 1 fully saturated rings. The Labute approximate surface area is 194 Å². The quantitative estimate of drug-likeness (QED) is 0.342. The fraction of sp³-hybridized carbons (Fsp3) is 0.250. The third-order valence-corrected chi connectivity index (χ3v) is 5.57. The van der Waals surface area contributed by atoms with Gasteiger partial charge in [-0.15, -0.1) is 0 Å². The Balaban J connectivity index is 1.60. The zero-order chi connectivity index (χ0) is 22.9. The first kappa shape index (κ1) is 22.9. The summed E-state index contributed by atoms with van der Waals surface area (Å²) in [7, 11) is 1.35. The fourth-order valence-corrected chi connectivity index (χ4v) is 3.90. The minimum atomic E-state index is -0.473. The summed E-state index contributed by atoms with van der Waals surface area (Å²) < 4.78 is 24.0. The van der Waals surface area contributed by atoms with Gasteiger partial charge in [0.15, 0.2) is 0 Å². The lowest BCUT2D eigenvalue weighted by atomic mass is 10.0. The van der Waals surface area contributed by atoms with E-state index in [-0.39, 0.29) is 12.2 Å². The van der Waals surface area contributed by atoms with Crippen molar-refractivity contribution in [3.8, 4) is 0 Å². The van der Waals surface area contributed by atoms with Crippen LogP contribution in [0.1, 0.15) is 22.8 Å². The van der Waals surface area contributed by atoms with E-state index in [2.05, 4.69) is 0 Å². The highest BCUT2D eigenvalue weighted by atomic mass is 16.6. The largest absolute Gasteiger partial charge is 0.466 e. The van der Waals surface area contributed by atoms with E-state index < -0.39 is 18.2 Å². The Morgan fingerprint density at radius 2 is 1.30 bits per heavy atom. The first-order valence-corrected chi connectivity index (χ1v) is 11.0. The Morgan fingerprint density at radius 1 is 0.788 bits per heavy atom. The summed E-state index contributed by atoms with van der Waals surface area (Å²) in [6, 6.07) is 29.9. The lowest BCUT2D eigenvalue weighted by Crippen LogP contribution is -2.35. The maximum atomic E-state index is 11.8. The predicted molar refractivity (Wildman–Crippen MR) is 125 cm³/mol. The van der Waals surface area contributed by atoms with Crippen LogP contribution in [0.2, 0.25) is 0 Å². The number of hydrogen-bond donors (Lipinski definition) is 0. The fourth-order valence-electron chi connectivity index (χ4n) is 3.90. The first-order valence-electron chi connectivity index (χ1n) is 11.0. The van der Waals surface area contributed by atoms with Crippen molar-refractivity contribution in [2.45, 2.75) is 37.6 Å². The Morgan fingerprint density at radius 3 is 1.85 bits per heavy atom. The minimum Gasteiger partial charge on any atom is -0.466 e. The van der Waals surface area contributed by atoms with Crippen molar-refractivity contribution in [2.75, 3.05) is 7.11 Å². The van der Waals surface area contributed by atoms with Crippen molar-refractivity contribution in [1.82, 2.24) is 0 Å². The van der Waals surface area contributed by atoms with Crippen LogP contribution in [0.3, 0.4) is 0 Å². The van der Waals surface area contributed by atoms with Gasteiger partial charge in [-0.2, -0.15) is 0 Å². The van der Waals surface area contributed by atoms with E-state index in [1.54, 1.807) is 6.08 Å². The van der Waals surface area contributed by atoms with Gasteiger partial charge >= 0.3 is 5.97 Å². The summed E-state index contributed by atoms with van der Waals surface area (Å²) in [5.41, 5.74) is 3.12. The van der Waals surface area contributed by atoms with Crippen molar-refractivity contribution in [3.05, 3.63) is 120 Å². The van der Waals surface area contributed by atoms with E-state index in [1.165, 1.54) is 13.2 Å². The molecule has 5 heteroatoms. The summed E-state index contributed by atoms with van der Waals surface area (Å²) in [6.45, 7) is 0.834. The van der Waals surface area contributed by atoms with Gasteiger partial charge < -0.3 is 18.9 Å². The van der Waals surface area contributed by atoms with E-state index >= 15 is 0 Å². The number of carbonyl (C=O) groups excluding carboxylic acids is 1. The highest BCUT2D eigenvalue weighted by Crippen LogP contribution is 2.38. The summed E-state index contributed by atoms with van der Waals surface area (Å²) in [5, 5.41) is 0. The number of ether oxygens (including phenoxy) is 4. The van der Waals surface area contributed by atoms with Gasteiger partial charge in [-0.05, 0) is 22.8 Å². The van der Waals surface area contributed by atoms with Crippen molar-refractivity contribution >= 4 is 5.97 Å². The van der Waals surface area contributed by atoms with Crippen LogP contribution in [0, 0.1) is 0 Å². The van der Waals surface area contributed by atoms with Crippen LogP contribution in [0.25, 0.3) is 0 Å². The van der Waals surface area contributed by atoms with Crippen LogP contribution in [0.4, 0.5) is 0 Å². The molecule has 0 radical (unpaired) electrons. The molecule has 1 saturated heterocycles. The molecule has 0 saturated carbocycles. The lowest BCUT2D eigenvalue weighted by molar-refractivity contribution is -0.134. The van der Waals surface area contributed by atoms with Crippen molar-refractivity contribution < 1.29 is 23.7 Å². The molecular weight excluding hydrogens is 416 g/mol. The summed E-state index contributed by atoms with van der Waals surface area (Å²) in [5.74, 6) is -0.440. The first-order chi connectivity index (χ1) is 16.2. The van der Waals surface area contributed by atoms with E-state index in [1.807, 2.05) is 91.0 Å². The average Bonchev–Trinajstić information content (AvgIpc) is 3.23. The minimum absolute atomic E-state index is 0.344. The topological polar surface area (TPSA) is 54.0 Å². The highest BCUT2D eigenvalue weighted by molar-refractivity contribution is 5.81. The molecule has 0 bridgehead atoms. The lowest BCUT2D eigenvalue weighted by Gasteiger charge is -2.25. The van der Waals surface area contributed by atoms with Gasteiger partial charge in [0.1, 0.15) is 24.4 Å². The normalized spacial score (nSPS) is 22.5. The number of methoxy groups -OCH3 is 1. The van der Waals surface area contributed by atoms with Crippen molar-refractivity contribution in [1.29, 1.82) is 0 Å². The van der Waals surface area contributed by atoms with Gasteiger partial charge in [-0.1, -0.05) is 91.0 Å². The molecule has 0 unspecified atom stereocenters. The van der Waals surface area contributed by atoms with Crippen molar-refractivity contribution in [2.24, 2.45) is 0 Å².